The fraction of sp³-hybridized carbons (Fsp3) is 0.733. The minimum absolute atomic E-state index is 0.0220. The molecular weight excluding hydrogens is 238 g/mol. The number of carbonyl (C=O) groups excluding carboxylic acids is 1. The van der Waals surface area contributed by atoms with Crippen molar-refractivity contribution >= 4 is 5.91 Å². The number of aromatic nitrogens is 2. The van der Waals surface area contributed by atoms with Gasteiger partial charge < -0.3 is 5.32 Å². The van der Waals surface area contributed by atoms with Gasteiger partial charge in [0.05, 0.1) is 11.8 Å². The Hall–Kier alpha value is -1.32. The Kier molecular flexibility index (Phi) is 3.33. The van der Waals surface area contributed by atoms with Crippen LogP contribution in [0.25, 0.3) is 0 Å². The van der Waals surface area contributed by atoms with Crippen molar-refractivity contribution in [1.29, 1.82) is 0 Å². The SMILES string of the molecule is Cc1c(C(=O)NCCC2CC3CCC2C3)cnn1C. The molecular formula is C15H23N3O. The van der Waals surface area contributed by atoms with E-state index < -0.39 is 0 Å². The number of fused-ring (bicyclic) bond motifs is 2. The van der Waals surface area contributed by atoms with E-state index in [1.54, 1.807) is 10.9 Å². The van der Waals surface area contributed by atoms with E-state index in [9.17, 15) is 4.79 Å². The van der Waals surface area contributed by atoms with Crippen molar-refractivity contribution in [2.45, 2.75) is 39.0 Å². The molecule has 19 heavy (non-hydrogen) atoms. The van der Waals surface area contributed by atoms with Crippen molar-refractivity contribution in [3.05, 3.63) is 17.5 Å². The molecule has 0 spiro atoms. The summed E-state index contributed by atoms with van der Waals surface area (Å²) in [4.78, 5) is 12.0. The normalized spacial score (nSPS) is 28.8. The monoisotopic (exact) mass is 261 g/mol. The molecule has 2 fully saturated rings. The largest absolute Gasteiger partial charge is 0.352 e. The van der Waals surface area contributed by atoms with E-state index in [0.29, 0.717) is 5.56 Å². The highest BCUT2D eigenvalue weighted by Gasteiger charge is 2.38. The van der Waals surface area contributed by atoms with E-state index in [4.69, 9.17) is 0 Å². The van der Waals surface area contributed by atoms with Crippen molar-refractivity contribution in [1.82, 2.24) is 15.1 Å². The summed E-state index contributed by atoms with van der Waals surface area (Å²) in [7, 11) is 1.86. The molecule has 0 radical (unpaired) electrons. The number of aryl methyl sites for hydroxylation is 1. The minimum Gasteiger partial charge on any atom is -0.352 e. The van der Waals surface area contributed by atoms with Crippen molar-refractivity contribution in [3.63, 3.8) is 0 Å². The van der Waals surface area contributed by atoms with Gasteiger partial charge in [-0.1, -0.05) is 6.42 Å². The van der Waals surface area contributed by atoms with Crippen LogP contribution >= 0.6 is 0 Å². The van der Waals surface area contributed by atoms with Gasteiger partial charge in [-0.25, -0.2) is 0 Å². The Morgan fingerprint density at radius 1 is 1.47 bits per heavy atom. The first-order valence-corrected chi connectivity index (χ1v) is 7.42. The molecule has 0 aliphatic heterocycles. The van der Waals surface area contributed by atoms with Crippen LogP contribution in [-0.4, -0.2) is 22.2 Å². The zero-order valence-electron chi connectivity index (χ0n) is 11.9. The molecule has 3 rings (SSSR count). The van der Waals surface area contributed by atoms with Gasteiger partial charge in [-0.15, -0.1) is 0 Å². The highest BCUT2D eigenvalue weighted by atomic mass is 16.1. The Balaban J connectivity index is 1.47. The highest BCUT2D eigenvalue weighted by molar-refractivity contribution is 5.94. The molecule has 1 aromatic rings. The zero-order valence-corrected chi connectivity index (χ0v) is 11.9. The number of hydrogen-bond donors (Lipinski definition) is 1. The first-order valence-electron chi connectivity index (χ1n) is 7.42. The summed E-state index contributed by atoms with van der Waals surface area (Å²) in [6, 6.07) is 0. The van der Waals surface area contributed by atoms with Gasteiger partial charge in [-0.05, 0) is 50.4 Å². The fourth-order valence-corrected chi connectivity index (χ4v) is 3.92. The summed E-state index contributed by atoms with van der Waals surface area (Å²) in [6.07, 6.45) is 8.51. The molecule has 0 saturated heterocycles. The van der Waals surface area contributed by atoms with Crippen molar-refractivity contribution in [3.8, 4) is 0 Å². The number of amides is 1. The summed E-state index contributed by atoms with van der Waals surface area (Å²) in [5.41, 5.74) is 1.63. The molecule has 1 heterocycles. The van der Waals surface area contributed by atoms with E-state index in [1.807, 2.05) is 14.0 Å². The Morgan fingerprint density at radius 2 is 2.32 bits per heavy atom. The Morgan fingerprint density at radius 3 is 2.89 bits per heavy atom. The first kappa shape index (κ1) is 12.7. The molecule has 1 N–H and O–H groups in total. The maximum atomic E-state index is 12.0. The summed E-state index contributed by atoms with van der Waals surface area (Å²) in [6.45, 7) is 2.74. The van der Waals surface area contributed by atoms with E-state index in [0.717, 1.165) is 36.4 Å². The second-order valence-electron chi connectivity index (χ2n) is 6.25. The Bertz CT molecular complexity index is 480. The maximum Gasteiger partial charge on any atom is 0.254 e. The van der Waals surface area contributed by atoms with Crippen LogP contribution < -0.4 is 5.32 Å². The van der Waals surface area contributed by atoms with Gasteiger partial charge in [0.2, 0.25) is 0 Å². The van der Waals surface area contributed by atoms with Crippen LogP contribution in [0.4, 0.5) is 0 Å². The molecule has 3 atom stereocenters. The third-order valence-electron chi connectivity index (χ3n) is 5.17. The molecule has 2 saturated carbocycles. The lowest BCUT2D eigenvalue weighted by Crippen LogP contribution is -2.27. The van der Waals surface area contributed by atoms with Gasteiger partial charge in [0.25, 0.3) is 5.91 Å². The third-order valence-corrected chi connectivity index (χ3v) is 5.17. The average Bonchev–Trinajstić information content (AvgIpc) is 3.07. The van der Waals surface area contributed by atoms with Gasteiger partial charge >= 0.3 is 0 Å². The quantitative estimate of drug-likeness (QED) is 0.904. The molecule has 0 aromatic carbocycles. The topological polar surface area (TPSA) is 46.9 Å². The number of carbonyl (C=O) groups is 1. The lowest BCUT2D eigenvalue weighted by Gasteiger charge is -2.21. The van der Waals surface area contributed by atoms with Gasteiger partial charge in [0.15, 0.2) is 0 Å². The number of nitrogens with one attached hydrogen (secondary N) is 1. The molecule has 4 nitrogen and oxygen atoms in total. The van der Waals surface area contributed by atoms with Crippen LogP contribution in [0.5, 0.6) is 0 Å². The van der Waals surface area contributed by atoms with Gasteiger partial charge in [0.1, 0.15) is 0 Å². The lowest BCUT2D eigenvalue weighted by molar-refractivity contribution is 0.0949. The molecule has 4 heteroatoms. The van der Waals surface area contributed by atoms with Crippen LogP contribution in [-0.2, 0) is 7.05 Å². The maximum absolute atomic E-state index is 12.0. The van der Waals surface area contributed by atoms with Crippen LogP contribution in [0.3, 0.4) is 0 Å². The van der Waals surface area contributed by atoms with E-state index in [1.165, 1.54) is 25.7 Å². The zero-order chi connectivity index (χ0) is 13.4. The molecule has 2 aliphatic carbocycles. The number of hydrogen-bond acceptors (Lipinski definition) is 2. The average molecular weight is 261 g/mol. The van der Waals surface area contributed by atoms with Crippen molar-refractivity contribution < 1.29 is 4.79 Å². The van der Waals surface area contributed by atoms with Crippen LogP contribution in [0.1, 0.15) is 48.2 Å². The standard InChI is InChI=1S/C15H23N3O/c1-10-14(9-17-18(10)2)15(19)16-6-5-13-8-11-3-4-12(13)7-11/h9,11-13H,3-8H2,1-2H3,(H,16,19). The second-order valence-corrected chi connectivity index (χ2v) is 6.25. The van der Waals surface area contributed by atoms with Gasteiger partial charge in [-0.2, -0.15) is 5.10 Å². The van der Waals surface area contributed by atoms with Crippen LogP contribution in [0, 0.1) is 24.7 Å². The minimum atomic E-state index is 0.0220. The molecule has 3 unspecified atom stereocenters. The van der Waals surface area contributed by atoms with E-state index >= 15 is 0 Å². The van der Waals surface area contributed by atoms with Crippen LogP contribution in [0.15, 0.2) is 6.20 Å². The third kappa shape index (κ3) is 2.40. The molecule has 2 aliphatic rings. The van der Waals surface area contributed by atoms with E-state index in [2.05, 4.69) is 10.4 Å². The predicted molar refractivity (Wildman–Crippen MR) is 73.8 cm³/mol. The smallest absolute Gasteiger partial charge is 0.254 e. The van der Waals surface area contributed by atoms with Gasteiger partial charge in [-0.3, -0.25) is 9.48 Å². The summed E-state index contributed by atoms with van der Waals surface area (Å²) in [5.74, 6) is 2.82. The summed E-state index contributed by atoms with van der Waals surface area (Å²) < 4.78 is 1.74. The predicted octanol–water partition coefficient (Wildman–Crippen LogP) is 2.28. The van der Waals surface area contributed by atoms with E-state index in [-0.39, 0.29) is 5.91 Å². The van der Waals surface area contributed by atoms with Crippen molar-refractivity contribution in [2.24, 2.45) is 24.8 Å². The molecule has 1 aromatic heterocycles. The highest BCUT2D eigenvalue weighted by Crippen LogP contribution is 2.49. The van der Waals surface area contributed by atoms with Gasteiger partial charge in [0, 0.05) is 19.3 Å². The second kappa shape index (κ2) is 4.99. The molecule has 1 amide bonds. The summed E-state index contributed by atoms with van der Waals surface area (Å²) >= 11 is 0. The molecule has 2 bridgehead atoms. The number of rotatable bonds is 4. The van der Waals surface area contributed by atoms with Crippen molar-refractivity contribution in [2.75, 3.05) is 6.54 Å². The number of nitrogens with zero attached hydrogens (tertiary/aromatic N) is 2. The van der Waals surface area contributed by atoms with Crippen LogP contribution in [0.2, 0.25) is 0 Å². The molecule has 104 valence electrons. The Labute approximate surface area is 114 Å². The summed E-state index contributed by atoms with van der Waals surface area (Å²) in [5, 5.41) is 7.16. The lowest BCUT2D eigenvalue weighted by atomic mass is 9.86. The fourth-order valence-electron chi connectivity index (χ4n) is 3.92. The first-order chi connectivity index (χ1) is 9.15.